The van der Waals surface area contributed by atoms with Gasteiger partial charge >= 0.3 is 5.97 Å². The fraction of sp³-hybridized carbons (Fsp3) is 0.846. The second kappa shape index (κ2) is 10.9. The summed E-state index contributed by atoms with van der Waals surface area (Å²) in [4.78, 5) is 26.6. The number of likely N-dealkylation sites (N-methyl/N-ethyl adjacent to an activating group) is 1. The first-order valence-electron chi connectivity index (χ1n) is 19.0. The van der Waals surface area contributed by atoms with Crippen molar-refractivity contribution in [3.63, 3.8) is 0 Å². The molecule has 0 bridgehead atoms. The summed E-state index contributed by atoms with van der Waals surface area (Å²) >= 11 is 0. The van der Waals surface area contributed by atoms with Gasteiger partial charge in [-0.25, -0.2) is 4.79 Å². The van der Waals surface area contributed by atoms with Gasteiger partial charge in [-0.15, -0.1) is 0 Å². The van der Waals surface area contributed by atoms with Crippen LogP contribution in [0.2, 0.25) is 0 Å². The SMILES string of the molecule is CNCC1=CC2CC3(O)C4(O)CC5CC(C(C)C6CCCC6)CCC6C(O)CCC(C=O)(C4CCC3(C)C2(CO)C2=CC(=O)OC12)C56O. The van der Waals surface area contributed by atoms with Crippen molar-refractivity contribution in [2.75, 3.05) is 20.2 Å². The molecule has 14 unspecified atom stereocenters. The maximum atomic E-state index is 13.8. The van der Waals surface area contributed by atoms with Crippen molar-refractivity contribution in [2.45, 2.75) is 126 Å². The van der Waals surface area contributed by atoms with Crippen LogP contribution in [-0.2, 0) is 14.3 Å². The normalized spacial score (nSPS) is 53.2. The van der Waals surface area contributed by atoms with Gasteiger partial charge in [0.05, 0.1) is 29.3 Å². The maximum absolute atomic E-state index is 13.8. The van der Waals surface area contributed by atoms with Crippen LogP contribution in [0.25, 0.3) is 0 Å². The number of hydrogen-bond donors (Lipinski definition) is 6. The summed E-state index contributed by atoms with van der Waals surface area (Å²) in [6, 6.07) is 0. The number of aliphatic hydroxyl groups is 5. The van der Waals surface area contributed by atoms with Gasteiger partial charge in [-0.3, -0.25) is 0 Å². The highest BCUT2D eigenvalue weighted by Gasteiger charge is 2.84. The summed E-state index contributed by atoms with van der Waals surface area (Å²) in [7, 11) is 1.83. The number of carbonyl (C=O) groups is 2. The predicted octanol–water partition coefficient (Wildman–Crippen LogP) is 3.21. The molecule has 7 aliphatic carbocycles. The maximum Gasteiger partial charge on any atom is 0.331 e. The van der Waals surface area contributed by atoms with E-state index in [9.17, 15) is 35.1 Å². The molecule has 266 valence electrons. The van der Waals surface area contributed by atoms with E-state index in [0.29, 0.717) is 56.1 Å². The van der Waals surface area contributed by atoms with Crippen molar-refractivity contribution in [1.82, 2.24) is 5.32 Å². The molecule has 0 radical (unpaired) electrons. The molecule has 1 aliphatic heterocycles. The number of aldehydes is 1. The van der Waals surface area contributed by atoms with Gasteiger partial charge in [0.1, 0.15) is 18.0 Å². The summed E-state index contributed by atoms with van der Waals surface area (Å²) < 4.78 is 5.83. The molecule has 48 heavy (non-hydrogen) atoms. The first kappa shape index (κ1) is 33.5. The molecule has 8 rings (SSSR count). The Morgan fingerprint density at radius 3 is 2.48 bits per heavy atom. The third-order valence-corrected chi connectivity index (χ3v) is 16.9. The number of esters is 1. The first-order chi connectivity index (χ1) is 22.8. The molecule has 1 heterocycles. The zero-order valence-electron chi connectivity index (χ0n) is 29.0. The van der Waals surface area contributed by atoms with Gasteiger partial charge in [0.15, 0.2) is 0 Å². The lowest BCUT2D eigenvalue weighted by Crippen LogP contribution is -2.81. The average Bonchev–Trinajstić information content (AvgIpc) is 3.75. The second-order valence-electron chi connectivity index (χ2n) is 17.9. The summed E-state index contributed by atoms with van der Waals surface area (Å²) in [5, 5.41) is 66.4. The van der Waals surface area contributed by atoms with Crippen LogP contribution < -0.4 is 5.32 Å². The number of nitrogens with one attached hydrogen (secondary N) is 1. The zero-order valence-corrected chi connectivity index (χ0v) is 29.0. The van der Waals surface area contributed by atoms with Crippen molar-refractivity contribution < 1.29 is 39.9 Å². The molecular formula is C39H57NO8. The minimum absolute atomic E-state index is 0.131. The van der Waals surface area contributed by atoms with Crippen molar-refractivity contribution in [3.8, 4) is 0 Å². The molecular weight excluding hydrogens is 610 g/mol. The molecule has 0 aromatic carbocycles. The minimum Gasteiger partial charge on any atom is -0.450 e. The van der Waals surface area contributed by atoms with Gasteiger partial charge in [0.2, 0.25) is 0 Å². The number of allylic oxidation sites excluding steroid dienone is 1. The van der Waals surface area contributed by atoms with Crippen LogP contribution in [-0.4, -0.2) is 87.0 Å². The van der Waals surface area contributed by atoms with Crippen molar-refractivity contribution in [1.29, 1.82) is 0 Å². The number of rotatable bonds is 6. The van der Waals surface area contributed by atoms with Crippen molar-refractivity contribution in [2.24, 2.45) is 57.7 Å². The van der Waals surface area contributed by atoms with Crippen LogP contribution >= 0.6 is 0 Å². The van der Waals surface area contributed by atoms with Gasteiger partial charge in [-0.2, -0.15) is 0 Å². The molecule has 0 aromatic rings. The Hall–Kier alpha value is -1.62. The molecule has 6 saturated carbocycles. The largest absolute Gasteiger partial charge is 0.450 e. The predicted molar refractivity (Wildman–Crippen MR) is 177 cm³/mol. The van der Waals surface area contributed by atoms with E-state index < -0.39 is 69.0 Å². The van der Waals surface area contributed by atoms with E-state index in [-0.39, 0.29) is 37.7 Å². The molecule has 0 saturated heterocycles. The number of fused-ring (bicyclic) bond motifs is 8. The van der Waals surface area contributed by atoms with Crippen LogP contribution in [0.5, 0.6) is 0 Å². The third kappa shape index (κ3) is 3.74. The number of ether oxygens (including phenoxy) is 1. The zero-order chi connectivity index (χ0) is 34.1. The highest BCUT2D eigenvalue weighted by Crippen LogP contribution is 2.79. The first-order valence-corrected chi connectivity index (χ1v) is 19.0. The van der Waals surface area contributed by atoms with Crippen LogP contribution in [0.15, 0.2) is 23.3 Å². The van der Waals surface area contributed by atoms with Crippen molar-refractivity contribution in [3.05, 3.63) is 23.3 Å². The molecule has 14 atom stereocenters. The molecule has 0 spiro atoms. The van der Waals surface area contributed by atoms with E-state index >= 15 is 0 Å². The molecule has 0 aromatic heterocycles. The monoisotopic (exact) mass is 667 g/mol. The Labute approximate surface area is 284 Å². The topological polar surface area (TPSA) is 157 Å². The number of aliphatic hydroxyl groups excluding tert-OH is 2. The van der Waals surface area contributed by atoms with Gasteiger partial charge < -0.3 is 40.4 Å². The fourth-order valence-electron chi connectivity index (χ4n) is 14.6. The van der Waals surface area contributed by atoms with E-state index in [0.717, 1.165) is 18.3 Å². The van der Waals surface area contributed by atoms with E-state index in [4.69, 9.17) is 4.74 Å². The van der Waals surface area contributed by atoms with Gasteiger partial charge in [-0.05, 0) is 106 Å². The lowest BCUT2D eigenvalue weighted by atomic mass is 9.35. The lowest BCUT2D eigenvalue weighted by Gasteiger charge is -2.72. The van der Waals surface area contributed by atoms with E-state index in [2.05, 4.69) is 18.3 Å². The van der Waals surface area contributed by atoms with Gasteiger partial charge in [0.25, 0.3) is 0 Å². The average molecular weight is 668 g/mol. The van der Waals surface area contributed by atoms with Crippen LogP contribution in [0, 0.1) is 57.7 Å². The highest BCUT2D eigenvalue weighted by molar-refractivity contribution is 5.87. The van der Waals surface area contributed by atoms with Crippen LogP contribution in [0.1, 0.15) is 97.3 Å². The lowest BCUT2D eigenvalue weighted by molar-refractivity contribution is -0.345. The third-order valence-electron chi connectivity index (χ3n) is 16.9. The molecule has 6 fully saturated rings. The summed E-state index contributed by atoms with van der Waals surface area (Å²) in [6.45, 7) is 4.46. The number of carbonyl (C=O) groups excluding carboxylic acids is 2. The Bertz CT molecular complexity index is 1420. The Balaban J connectivity index is 1.28. The molecule has 0 amide bonds. The van der Waals surface area contributed by atoms with Gasteiger partial charge in [-0.1, -0.05) is 45.6 Å². The Morgan fingerprint density at radius 1 is 1.04 bits per heavy atom. The fourth-order valence-corrected chi connectivity index (χ4v) is 14.6. The van der Waals surface area contributed by atoms with E-state index in [1.165, 1.54) is 31.8 Å². The standard InChI is InChI=1S/C39H57NO8/c1-22(23-6-4-5-7-23)24-8-9-28-30(43)10-13-35(20-41)31-11-12-34(2)36(21-42)26(15-25(19-40-3)33-29(36)16-32(44)48-33)18-38(34,46)37(31,45)17-27(14-24)39(28,35)47/h15-16,20,22-24,26-28,30-31,33,40,42-43,45-47H,4-14,17-19,21H2,1-3H3. The summed E-state index contributed by atoms with van der Waals surface area (Å²) in [5.41, 5.74) is -6.85. The smallest absolute Gasteiger partial charge is 0.331 e. The van der Waals surface area contributed by atoms with Gasteiger partial charge in [0, 0.05) is 35.3 Å². The second-order valence-corrected chi connectivity index (χ2v) is 17.9. The Morgan fingerprint density at radius 2 is 1.79 bits per heavy atom. The van der Waals surface area contributed by atoms with Crippen LogP contribution in [0.4, 0.5) is 0 Å². The summed E-state index contributed by atoms with van der Waals surface area (Å²) in [6.07, 6.45) is 11.9. The number of hydrogen-bond acceptors (Lipinski definition) is 9. The highest BCUT2D eigenvalue weighted by atomic mass is 16.5. The van der Waals surface area contributed by atoms with Crippen LogP contribution in [0.3, 0.4) is 0 Å². The molecule has 9 nitrogen and oxygen atoms in total. The van der Waals surface area contributed by atoms with E-state index in [1.54, 1.807) is 0 Å². The quantitative estimate of drug-likeness (QED) is 0.142. The molecule has 6 N–H and O–H groups in total. The Kier molecular flexibility index (Phi) is 7.64. The molecule has 9 heteroatoms. The van der Waals surface area contributed by atoms with Crippen molar-refractivity contribution >= 4 is 12.3 Å². The molecule has 8 aliphatic rings. The summed E-state index contributed by atoms with van der Waals surface area (Å²) in [5.74, 6) is -1.19. The minimum atomic E-state index is -1.74. The van der Waals surface area contributed by atoms with E-state index in [1.807, 2.05) is 14.0 Å².